The van der Waals surface area contributed by atoms with Crippen molar-refractivity contribution in [2.24, 2.45) is 0 Å². The fourth-order valence-corrected chi connectivity index (χ4v) is 9.61. The molecule has 0 saturated carbocycles. The van der Waals surface area contributed by atoms with Crippen LogP contribution in [0.4, 0.5) is 0 Å². The largest absolute Gasteiger partial charge is 0.756 e. The van der Waals surface area contributed by atoms with Gasteiger partial charge in [-0.25, -0.2) is 0 Å². The van der Waals surface area contributed by atoms with Gasteiger partial charge < -0.3 is 28.5 Å². The quantitative estimate of drug-likeness (QED) is 0.0212. The summed E-state index contributed by atoms with van der Waals surface area (Å²) in [6.07, 6.45) is 67.6. The predicted octanol–water partition coefficient (Wildman–Crippen LogP) is 18.4. The van der Waals surface area contributed by atoms with Crippen LogP contribution in [0.2, 0.25) is 0 Å². The number of esters is 1. The second-order valence-corrected chi connectivity index (χ2v) is 23.6. The van der Waals surface area contributed by atoms with Crippen LogP contribution in [0, 0.1) is 0 Å². The average molecular weight is 1060 g/mol. The number of hydrogen-bond donors (Lipinski definition) is 1. The minimum Gasteiger partial charge on any atom is -0.756 e. The first kappa shape index (κ1) is 71.7. The van der Waals surface area contributed by atoms with E-state index in [9.17, 15) is 19.0 Å². The van der Waals surface area contributed by atoms with E-state index in [2.05, 4.69) is 74.7 Å². The molecular formula is C64H119N2O7P. The zero-order valence-corrected chi connectivity index (χ0v) is 50.2. The second-order valence-electron chi connectivity index (χ2n) is 22.2. The molecule has 9 nitrogen and oxygen atoms in total. The Morgan fingerprint density at radius 2 is 0.865 bits per heavy atom. The first-order valence-corrected chi connectivity index (χ1v) is 32.6. The minimum atomic E-state index is -4.70. The number of phosphoric ester groups is 1. The number of carbonyl (C=O) groups is 2. The Bertz CT molecular complexity index is 1450. The second kappa shape index (κ2) is 54.1. The number of nitrogens with one attached hydrogen (secondary N) is 1. The molecule has 74 heavy (non-hydrogen) atoms. The smallest absolute Gasteiger partial charge is 0.306 e. The summed E-state index contributed by atoms with van der Waals surface area (Å²) >= 11 is 0. The third kappa shape index (κ3) is 54.5. The summed E-state index contributed by atoms with van der Waals surface area (Å²) in [5.41, 5.74) is 0. The highest BCUT2D eigenvalue weighted by Crippen LogP contribution is 2.38. The van der Waals surface area contributed by atoms with Crippen LogP contribution in [0.1, 0.15) is 284 Å². The fourth-order valence-electron chi connectivity index (χ4n) is 8.88. The molecule has 0 fully saturated rings. The van der Waals surface area contributed by atoms with Crippen molar-refractivity contribution in [3.05, 3.63) is 60.8 Å². The number of hydrogen-bond acceptors (Lipinski definition) is 7. The van der Waals surface area contributed by atoms with E-state index in [0.717, 1.165) is 83.5 Å². The van der Waals surface area contributed by atoms with Gasteiger partial charge in [-0.1, -0.05) is 242 Å². The molecule has 1 N–H and O–H groups in total. The van der Waals surface area contributed by atoms with Crippen LogP contribution < -0.4 is 10.2 Å². The summed E-state index contributed by atoms with van der Waals surface area (Å²) < 4.78 is 30.3. The van der Waals surface area contributed by atoms with Crippen LogP contribution in [0.25, 0.3) is 0 Å². The predicted molar refractivity (Wildman–Crippen MR) is 316 cm³/mol. The van der Waals surface area contributed by atoms with Gasteiger partial charge in [-0.05, 0) is 89.5 Å². The topological polar surface area (TPSA) is 114 Å². The third-order valence-corrected chi connectivity index (χ3v) is 14.6. The summed E-state index contributed by atoms with van der Waals surface area (Å²) in [6.45, 7) is 6.73. The monoisotopic (exact) mass is 1060 g/mol. The lowest BCUT2D eigenvalue weighted by Gasteiger charge is -2.30. The maximum atomic E-state index is 13.5. The van der Waals surface area contributed by atoms with Crippen LogP contribution >= 0.6 is 7.82 Å². The molecule has 0 aromatic heterocycles. The van der Waals surface area contributed by atoms with E-state index in [4.69, 9.17) is 13.8 Å². The van der Waals surface area contributed by atoms with E-state index in [0.29, 0.717) is 23.9 Å². The Hall–Kier alpha value is -2.29. The number of ether oxygens (including phenoxy) is 1. The first-order chi connectivity index (χ1) is 35.9. The van der Waals surface area contributed by atoms with E-state index < -0.39 is 26.6 Å². The fraction of sp³-hybridized carbons (Fsp3) is 0.812. The lowest BCUT2D eigenvalue weighted by atomic mass is 10.0. The maximum Gasteiger partial charge on any atom is 0.306 e. The van der Waals surface area contributed by atoms with Crippen LogP contribution in [0.3, 0.4) is 0 Å². The van der Waals surface area contributed by atoms with Crippen molar-refractivity contribution in [1.82, 2.24) is 5.32 Å². The molecule has 0 aromatic rings. The average Bonchev–Trinajstić information content (AvgIpc) is 3.36. The molecule has 10 heteroatoms. The maximum absolute atomic E-state index is 13.5. The minimum absolute atomic E-state index is 0.0269. The van der Waals surface area contributed by atoms with Gasteiger partial charge in [0.25, 0.3) is 7.82 Å². The van der Waals surface area contributed by atoms with Crippen molar-refractivity contribution in [2.75, 3.05) is 40.9 Å². The Morgan fingerprint density at radius 3 is 1.31 bits per heavy atom. The molecule has 0 aliphatic rings. The summed E-state index contributed by atoms with van der Waals surface area (Å²) in [6, 6.07) is -0.898. The lowest BCUT2D eigenvalue weighted by Crippen LogP contribution is -2.47. The Labute approximate surface area is 458 Å². The van der Waals surface area contributed by atoms with E-state index in [1.54, 1.807) is 0 Å². The van der Waals surface area contributed by atoms with Gasteiger partial charge in [0, 0.05) is 12.8 Å². The van der Waals surface area contributed by atoms with Gasteiger partial charge in [0.1, 0.15) is 19.3 Å². The summed E-state index contributed by atoms with van der Waals surface area (Å²) in [5, 5.41) is 3.03. The van der Waals surface area contributed by atoms with Gasteiger partial charge in [-0.15, -0.1) is 0 Å². The molecule has 0 aliphatic heterocycles. The van der Waals surface area contributed by atoms with E-state index in [1.165, 1.54) is 161 Å². The number of unbranched alkanes of at least 4 members (excludes halogenated alkanes) is 32. The van der Waals surface area contributed by atoms with Crippen molar-refractivity contribution >= 4 is 19.7 Å². The molecule has 0 heterocycles. The number of allylic oxidation sites excluding steroid dienone is 9. The van der Waals surface area contributed by atoms with Gasteiger partial charge in [0.05, 0.1) is 33.8 Å². The molecule has 3 atom stereocenters. The van der Waals surface area contributed by atoms with E-state index in [1.807, 2.05) is 33.3 Å². The zero-order valence-electron chi connectivity index (χ0n) is 49.3. The van der Waals surface area contributed by atoms with E-state index in [-0.39, 0.29) is 24.9 Å². The molecular weight excluding hydrogens is 940 g/mol. The molecule has 0 bridgehead atoms. The molecule has 0 rings (SSSR count). The number of nitrogens with zero attached hydrogens (tertiary/aromatic N) is 1. The molecule has 0 saturated heterocycles. The van der Waals surface area contributed by atoms with Gasteiger partial charge >= 0.3 is 5.97 Å². The number of rotatable bonds is 56. The van der Waals surface area contributed by atoms with Crippen molar-refractivity contribution in [1.29, 1.82) is 0 Å². The third-order valence-electron chi connectivity index (χ3n) is 13.7. The van der Waals surface area contributed by atoms with Crippen LogP contribution in [0.5, 0.6) is 0 Å². The van der Waals surface area contributed by atoms with Crippen LogP contribution in [-0.2, 0) is 27.9 Å². The van der Waals surface area contributed by atoms with E-state index >= 15 is 0 Å². The summed E-state index contributed by atoms with van der Waals surface area (Å²) in [5.74, 6) is -0.562. The lowest BCUT2D eigenvalue weighted by molar-refractivity contribution is -0.870. The number of likely N-dealkylation sites (N-methyl/N-ethyl adjacent to an activating group) is 1. The van der Waals surface area contributed by atoms with Crippen LogP contribution in [0.15, 0.2) is 60.8 Å². The highest BCUT2D eigenvalue weighted by Gasteiger charge is 2.27. The standard InChI is InChI=1S/C64H119N2O7P/c1-7-10-13-16-19-22-25-28-30-31-32-33-34-35-36-38-41-44-47-50-53-56-63(67)65-61(60-72-74(69,70)71-59-58-66(4,5)6)62(55-52-49-46-43-40-37-27-24-21-18-15-12-9-3)73-64(68)57-54-51-48-45-42-39-29-26-23-20-17-14-11-8-2/h11,14,20,23,28-30,39,52,55,61-62H,7-10,12-13,15-19,21-22,24-27,31-38,40-51,53-54,56-60H2,1-6H3,(H-,65,67,69,70)/b14-11+,23-20+,30-28+,39-29+,55-52-. The van der Waals surface area contributed by atoms with Gasteiger partial charge in [-0.2, -0.15) is 0 Å². The molecule has 0 radical (unpaired) electrons. The highest BCUT2D eigenvalue weighted by atomic mass is 31.2. The molecule has 3 unspecified atom stereocenters. The number of amides is 1. The Balaban J connectivity index is 5.25. The van der Waals surface area contributed by atoms with Gasteiger partial charge in [0.15, 0.2) is 0 Å². The Morgan fingerprint density at radius 1 is 0.486 bits per heavy atom. The highest BCUT2D eigenvalue weighted by molar-refractivity contribution is 7.45. The van der Waals surface area contributed by atoms with Crippen molar-refractivity contribution in [3.8, 4) is 0 Å². The molecule has 0 aromatic carbocycles. The molecule has 1 amide bonds. The zero-order chi connectivity index (χ0) is 54.3. The summed E-state index contributed by atoms with van der Waals surface area (Å²) in [7, 11) is 1.17. The van der Waals surface area contributed by atoms with Gasteiger partial charge in [0.2, 0.25) is 5.91 Å². The number of quaternary nitrogens is 1. The Kier molecular flexibility index (Phi) is 52.4. The molecule has 432 valence electrons. The molecule has 0 aliphatic carbocycles. The van der Waals surface area contributed by atoms with Crippen molar-refractivity contribution in [3.63, 3.8) is 0 Å². The normalized spacial score (nSPS) is 14.1. The van der Waals surface area contributed by atoms with Crippen molar-refractivity contribution < 1.29 is 37.3 Å². The first-order valence-electron chi connectivity index (χ1n) is 31.1. The van der Waals surface area contributed by atoms with Crippen LogP contribution in [-0.4, -0.2) is 69.4 Å². The van der Waals surface area contributed by atoms with Gasteiger partial charge in [-0.3, -0.25) is 14.2 Å². The number of phosphoric acid groups is 1. The molecule has 0 spiro atoms. The summed E-state index contributed by atoms with van der Waals surface area (Å²) in [4.78, 5) is 40.0. The van der Waals surface area contributed by atoms with Crippen molar-refractivity contribution in [2.45, 2.75) is 296 Å². The SMILES string of the molecule is CC/C=C/C/C=C/C/C=C/CCCCCCC(=O)OC(/C=C\CCCCCCCCCCCCC)C(COP(=O)([O-])OCC[N+](C)(C)C)NC(=O)CCCCCCCCCCCCC/C=C/CCCCCCCC. The number of carbonyl (C=O) groups excluding carboxylic acids is 2.